The van der Waals surface area contributed by atoms with Crippen molar-refractivity contribution in [1.29, 1.82) is 0 Å². The number of hydrogen-bond donors (Lipinski definition) is 4. The van der Waals surface area contributed by atoms with Gasteiger partial charge in [-0.05, 0) is 49.2 Å². The fourth-order valence-corrected chi connectivity index (χ4v) is 3.60. The van der Waals surface area contributed by atoms with E-state index >= 15 is 0 Å². The first-order chi connectivity index (χ1) is 17.0. The number of benzene rings is 2. The summed E-state index contributed by atoms with van der Waals surface area (Å²) < 4.78 is 43.1. The van der Waals surface area contributed by atoms with Gasteiger partial charge in [0.2, 0.25) is 0 Å². The lowest BCUT2D eigenvalue weighted by Crippen LogP contribution is -2.38. The molecule has 2 amide bonds. The van der Waals surface area contributed by atoms with Gasteiger partial charge in [0.1, 0.15) is 30.8 Å². The van der Waals surface area contributed by atoms with Gasteiger partial charge in [0.05, 0.1) is 12.7 Å². The Bertz CT molecular complexity index is 910. The van der Waals surface area contributed by atoms with E-state index in [4.69, 9.17) is 14.2 Å². The van der Waals surface area contributed by atoms with Crippen molar-refractivity contribution >= 4 is 11.7 Å². The van der Waals surface area contributed by atoms with Crippen LogP contribution in [0.2, 0.25) is 0 Å². The third-order valence-corrected chi connectivity index (χ3v) is 5.42. The van der Waals surface area contributed by atoms with Crippen LogP contribution in [0.25, 0.3) is 0 Å². The number of halogens is 2. The Balaban J connectivity index is 1.20. The standard InChI is InChI=1S/C25H33F2N3O5/c26-23-10-5-18(15-24(23)27)30-25(32)29-12-11-28-16-19(31)17-35-22-8-6-21(7-9-22)34-14-13-33-20-3-1-2-4-20/h5-10,15,19-20,28,31H,1-4,11-14,16-17H2,(H2,29,30,32). The predicted octanol–water partition coefficient (Wildman–Crippen LogP) is 3.45. The maximum atomic E-state index is 13.1. The molecule has 1 unspecified atom stereocenters. The minimum Gasteiger partial charge on any atom is -0.491 e. The van der Waals surface area contributed by atoms with Crippen LogP contribution in [0.3, 0.4) is 0 Å². The molecule has 2 aromatic carbocycles. The van der Waals surface area contributed by atoms with Gasteiger partial charge in [0.15, 0.2) is 11.6 Å². The monoisotopic (exact) mass is 493 g/mol. The fraction of sp³-hybridized carbons (Fsp3) is 0.480. The van der Waals surface area contributed by atoms with Gasteiger partial charge < -0.3 is 35.3 Å². The molecule has 0 aromatic heterocycles. The summed E-state index contributed by atoms with van der Waals surface area (Å²) in [6.07, 6.45) is 4.42. The summed E-state index contributed by atoms with van der Waals surface area (Å²) in [5.74, 6) is -0.668. The molecule has 1 aliphatic rings. The van der Waals surface area contributed by atoms with Crippen molar-refractivity contribution in [2.45, 2.75) is 37.9 Å². The number of rotatable bonds is 14. The molecule has 0 aliphatic heterocycles. The second kappa shape index (κ2) is 14.4. The molecule has 10 heteroatoms. The summed E-state index contributed by atoms with van der Waals surface area (Å²) in [6, 6.07) is 9.74. The Kier molecular flexibility index (Phi) is 11.0. The van der Waals surface area contributed by atoms with Gasteiger partial charge in [-0.25, -0.2) is 13.6 Å². The first kappa shape index (κ1) is 26.7. The minimum absolute atomic E-state index is 0.104. The lowest BCUT2D eigenvalue weighted by atomic mass is 10.3. The van der Waals surface area contributed by atoms with Crippen molar-refractivity contribution in [3.05, 3.63) is 54.1 Å². The molecular weight excluding hydrogens is 460 g/mol. The highest BCUT2D eigenvalue weighted by atomic mass is 19.2. The third kappa shape index (κ3) is 10.1. The molecular formula is C25H33F2N3O5. The molecule has 2 aromatic rings. The van der Waals surface area contributed by atoms with Gasteiger partial charge in [-0.1, -0.05) is 12.8 Å². The number of ether oxygens (including phenoxy) is 3. The summed E-state index contributed by atoms with van der Waals surface area (Å²) >= 11 is 0. The quantitative estimate of drug-likeness (QED) is 0.301. The predicted molar refractivity (Wildman–Crippen MR) is 128 cm³/mol. The van der Waals surface area contributed by atoms with E-state index in [-0.39, 0.29) is 25.4 Å². The van der Waals surface area contributed by atoms with Crippen molar-refractivity contribution in [2.24, 2.45) is 0 Å². The highest BCUT2D eigenvalue weighted by Crippen LogP contribution is 2.21. The number of aliphatic hydroxyl groups is 1. The Labute approximate surface area is 204 Å². The van der Waals surface area contributed by atoms with Crippen LogP contribution in [0.1, 0.15) is 25.7 Å². The highest BCUT2D eigenvalue weighted by Gasteiger charge is 2.14. The molecule has 4 N–H and O–H groups in total. The Morgan fingerprint density at radius 2 is 1.69 bits per heavy atom. The maximum absolute atomic E-state index is 13.1. The van der Waals surface area contributed by atoms with E-state index in [0.717, 1.165) is 30.7 Å². The zero-order valence-corrected chi connectivity index (χ0v) is 19.6. The second-order valence-corrected chi connectivity index (χ2v) is 8.28. The van der Waals surface area contributed by atoms with Crippen molar-refractivity contribution in [3.8, 4) is 11.5 Å². The van der Waals surface area contributed by atoms with E-state index in [1.165, 1.54) is 18.9 Å². The van der Waals surface area contributed by atoms with Crippen LogP contribution in [0.4, 0.5) is 19.3 Å². The van der Waals surface area contributed by atoms with Gasteiger partial charge >= 0.3 is 6.03 Å². The van der Waals surface area contributed by atoms with Gasteiger partial charge in [0, 0.05) is 31.4 Å². The Morgan fingerprint density at radius 1 is 0.971 bits per heavy atom. The molecule has 0 heterocycles. The van der Waals surface area contributed by atoms with E-state index in [1.807, 2.05) is 12.1 Å². The van der Waals surface area contributed by atoms with E-state index in [9.17, 15) is 18.7 Å². The van der Waals surface area contributed by atoms with Crippen molar-refractivity contribution in [2.75, 3.05) is 44.8 Å². The molecule has 1 fully saturated rings. The van der Waals surface area contributed by atoms with E-state index in [0.29, 0.717) is 31.6 Å². The summed E-state index contributed by atoms with van der Waals surface area (Å²) in [5.41, 5.74) is 0.148. The van der Waals surface area contributed by atoms with Crippen molar-refractivity contribution < 1.29 is 32.9 Å². The number of anilines is 1. The van der Waals surface area contributed by atoms with Gasteiger partial charge in [-0.3, -0.25) is 0 Å². The topological polar surface area (TPSA) is 101 Å². The molecule has 192 valence electrons. The van der Waals surface area contributed by atoms with Crippen LogP contribution in [0.5, 0.6) is 11.5 Å². The molecule has 1 aliphatic carbocycles. The number of urea groups is 1. The van der Waals surface area contributed by atoms with Crippen molar-refractivity contribution in [3.63, 3.8) is 0 Å². The molecule has 0 bridgehead atoms. The number of carbonyl (C=O) groups excluding carboxylic acids is 1. The average molecular weight is 494 g/mol. The summed E-state index contributed by atoms with van der Waals surface area (Å²) in [5, 5.41) is 18.0. The first-order valence-electron chi connectivity index (χ1n) is 11.9. The van der Waals surface area contributed by atoms with Gasteiger partial charge in [0.25, 0.3) is 0 Å². The lowest BCUT2D eigenvalue weighted by molar-refractivity contribution is 0.0382. The molecule has 0 spiro atoms. The number of carbonyl (C=O) groups is 1. The van der Waals surface area contributed by atoms with Crippen LogP contribution >= 0.6 is 0 Å². The van der Waals surface area contributed by atoms with E-state index in [2.05, 4.69) is 16.0 Å². The third-order valence-electron chi connectivity index (χ3n) is 5.42. The second-order valence-electron chi connectivity index (χ2n) is 8.28. The zero-order valence-electron chi connectivity index (χ0n) is 19.6. The fourth-order valence-electron chi connectivity index (χ4n) is 3.60. The molecule has 1 atom stereocenters. The van der Waals surface area contributed by atoms with Crippen LogP contribution in [0, 0.1) is 11.6 Å². The van der Waals surface area contributed by atoms with E-state index in [1.54, 1.807) is 12.1 Å². The SMILES string of the molecule is O=C(NCCNCC(O)COc1ccc(OCCOC2CCCC2)cc1)Nc1ccc(F)c(F)c1. The normalized spacial score (nSPS) is 14.5. The first-order valence-corrected chi connectivity index (χ1v) is 11.9. The smallest absolute Gasteiger partial charge is 0.319 e. The summed E-state index contributed by atoms with van der Waals surface area (Å²) in [7, 11) is 0. The molecule has 1 saturated carbocycles. The molecule has 0 radical (unpaired) electrons. The minimum atomic E-state index is -1.04. The van der Waals surface area contributed by atoms with Crippen molar-refractivity contribution in [1.82, 2.24) is 10.6 Å². The van der Waals surface area contributed by atoms with Crippen LogP contribution in [0.15, 0.2) is 42.5 Å². The van der Waals surface area contributed by atoms with Gasteiger partial charge in [-0.15, -0.1) is 0 Å². The molecule has 35 heavy (non-hydrogen) atoms. The van der Waals surface area contributed by atoms with Crippen LogP contribution in [-0.4, -0.2) is 62.8 Å². The molecule has 0 saturated heterocycles. The largest absolute Gasteiger partial charge is 0.491 e. The van der Waals surface area contributed by atoms with Crippen LogP contribution in [-0.2, 0) is 4.74 Å². The van der Waals surface area contributed by atoms with E-state index < -0.39 is 23.8 Å². The summed E-state index contributed by atoms with van der Waals surface area (Å²) in [4.78, 5) is 11.8. The Hall–Kier alpha value is -2.95. The van der Waals surface area contributed by atoms with Gasteiger partial charge in [-0.2, -0.15) is 0 Å². The number of nitrogens with one attached hydrogen (secondary N) is 3. The lowest BCUT2D eigenvalue weighted by Gasteiger charge is -2.14. The Morgan fingerprint density at radius 3 is 2.40 bits per heavy atom. The maximum Gasteiger partial charge on any atom is 0.319 e. The average Bonchev–Trinajstić information content (AvgIpc) is 3.37. The molecule has 3 rings (SSSR count). The number of aliphatic hydroxyl groups excluding tert-OH is 1. The summed E-state index contributed by atoms with van der Waals surface area (Å²) in [6.45, 7) is 2.13. The van der Waals surface area contributed by atoms with Crippen LogP contribution < -0.4 is 25.4 Å². The number of hydrogen-bond acceptors (Lipinski definition) is 6. The highest BCUT2D eigenvalue weighted by molar-refractivity contribution is 5.89. The molecule has 8 nitrogen and oxygen atoms in total. The zero-order chi connectivity index (χ0) is 24.9. The number of amides is 2.